The molecule has 3 aromatic rings. The molecular formula is C31H34ClN3O4. The zero-order valence-electron chi connectivity index (χ0n) is 22.9. The first-order valence-electron chi connectivity index (χ1n) is 13.1. The molecule has 1 N–H and O–H groups in total. The van der Waals surface area contributed by atoms with Crippen LogP contribution in [0.1, 0.15) is 37.9 Å². The highest BCUT2D eigenvalue weighted by atomic mass is 35.5. The fourth-order valence-corrected chi connectivity index (χ4v) is 5.08. The molecule has 0 spiro atoms. The van der Waals surface area contributed by atoms with Gasteiger partial charge in [0.25, 0.3) is 11.7 Å². The molecule has 204 valence electrons. The molecule has 1 amide bonds. The van der Waals surface area contributed by atoms with Crippen LogP contribution < -0.4 is 19.4 Å². The Labute approximate surface area is 234 Å². The van der Waals surface area contributed by atoms with Crippen molar-refractivity contribution in [2.75, 3.05) is 48.5 Å². The summed E-state index contributed by atoms with van der Waals surface area (Å²) in [5.74, 6) is -1.34. The van der Waals surface area contributed by atoms with E-state index in [9.17, 15) is 14.7 Å². The van der Waals surface area contributed by atoms with E-state index in [-0.39, 0.29) is 21.9 Å². The highest BCUT2D eigenvalue weighted by molar-refractivity contribution is 6.52. The van der Waals surface area contributed by atoms with Crippen molar-refractivity contribution >= 4 is 46.1 Å². The van der Waals surface area contributed by atoms with E-state index in [1.165, 1.54) is 4.90 Å². The number of anilines is 3. The molecule has 1 unspecified atom stereocenters. The predicted octanol–water partition coefficient (Wildman–Crippen LogP) is 6.28. The summed E-state index contributed by atoms with van der Waals surface area (Å²) in [7, 11) is 3.87. The lowest BCUT2D eigenvalue weighted by atomic mass is 9.94. The highest BCUT2D eigenvalue weighted by Crippen LogP contribution is 2.44. The summed E-state index contributed by atoms with van der Waals surface area (Å²) in [5.41, 5.74) is 3.43. The van der Waals surface area contributed by atoms with Gasteiger partial charge in [0.05, 0.1) is 23.2 Å². The maximum absolute atomic E-state index is 13.6. The fourth-order valence-electron chi connectivity index (χ4n) is 4.87. The van der Waals surface area contributed by atoms with Gasteiger partial charge in [0.2, 0.25) is 0 Å². The van der Waals surface area contributed by atoms with Crippen molar-refractivity contribution in [3.05, 3.63) is 88.5 Å². The first-order valence-corrected chi connectivity index (χ1v) is 13.5. The fraction of sp³-hybridized carbons (Fsp3) is 0.290. The monoisotopic (exact) mass is 547 g/mol. The average Bonchev–Trinajstić information content (AvgIpc) is 3.20. The van der Waals surface area contributed by atoms with Gasteiger partial charge in [-0.1, -0.05) is 23.7 Å². The number of rotatable bonds is 9. The van der Waals surface area contributed by atoms with Gasteiger partial charge in [-0.3, -0.25) is 14.5 Å². The van der Waals surface area contributed by atoms with E-state index in [2.05, 4.69) is 18.7 Å². The Morgan fingerprint density at radius 3 is 2.10 bits per heavy atom. The standard InChI is InChI=1S/C31H34ClN3O4/c1-6-34(7-2)22-13-15-23(16-14-22)35-28(20-9-11-21(12-10-20)33(4)5)27(30(37)31(35)38)29(36)25-19-24(39-8-3)17-18-26(25)32/h9-19,28,36H,6-8H2,1-5H3/b29-27+. The Morgan fingerprint density at radius 2 is 1.54 bits per heavy atom. The quantitative estimate of drug-likeness (QED) is 0.193. The third kappa shape index (κ3) is 5.45. The molecule has 7 nitrogen and oxygen atoms in total. The second kappa shape index (κ2) is 11.8. The van der Waals surface area contributed by atoms with Gasteiger partial charge in [0, 0.05) is 49.8 Å². The molecule has 1 atom stereocenters. The maximum atomic E-state index is 13.6. The Balaban J connectivity index is 1.90. The van der Waals surface area contributed by atoms with E-state index in [4.69, 9.17) is 16.3 Å². The van der Waals surface area contributed by atoms with Crippen LogP contribution in [0, 0.1) is 0 Å². The Morgan fingerprint density at radius 1 is 0.923 bits per heavy atom. The molecule has 1 aliphatic heterocycles. The molecule has 1 heterocycles. The van der Waals surface area contributed by atoms with Gasteiger partial charge in [0.1, 0.15) is 11.5 Å². The molecule has 0 saturated carbocycles. The number of hydrogen-bond donors (Lipinski definition) is 1. The number of carbonyl (C=O) groups excluding carboxylic acids is 2. The van der Waals surface area contributed by atoms with E-state index >= 15 is 0 Å². The number of carbonyl (C=O) groups is 2. The van der Waals surface area contributed by atoms with Gasteiger partial charge in [-0.2, -0.15) is 0 Å². The largest absolute Gasteiger partial charge is 0.507 e. The number of hydrogen-bond acceptors (Lipinski definition) is 6. The van der Waals surface area contributed by atoms with E-state index in [1.54, 1.807) is 18.2 Å². The van der Waals surface area contributed by atoms with Gasteiger partial charge in [0.15, 0.2) is 0 Å². The minimum Gasteiger partial charge on any atom is -0.507 e. The normalized spacial score (nSPS) is 16.5. The minimum atomic E-state index is -0.854. The lowest BCUT2D eigenvalue weighted by Gasteiger charge is -2.27. The number of halogens is 1. The first kappa shape index (κ1) is 28.0. The first-order chi connectivity index (χ1) is 18.7. The number of aliphatic hydroxyl groups excluding tert-OH is 1. The van der Waals surface area contributed by atoms with E-state index in [0.29, 0.717) is 23.6 Å². The van der Waals surface area contributed by atoms with Crippen LogP contribution in [0.2, 0.25) is 5.02 Å². The van der Waals surface area contributed by atoms with E-state index < -0.39 is 17.7 Å². The van der Waals surface area contributed by atoms with Crippen LogP contribution in [0.15, 0.2) is 72.3 Å². The third-order valence-corrected chi connectivity index (χ3v) is 7.26. The molecule has 4 rings (SSSR count). The van der Waals surface area contributed by atoms with Gasteiger partial charge in [-0.25, -0.2) is 0 Å². The summed E-state index contributed by atoms with van der Waals surface area (Å²) < 4.78 is 5.59. The molecule has 1 aliphatic rings. The molecule has 3 aromatic carbocycles. The van der Waals surface area contributed by atoms with Gasteiger partial charge in [-0.15, -0.1) is 0 Å². The summed E-state index contributed by atoms with van der Waals surface area (Å²) in [6.07, 6.45) is 0. The van der Waals surface area contributed by atoms with Gasteiger partial charge < -0.3 is 19.6 Å². The van der Waals surface area contributed by atoms with Crippen molar-refractivity contribution in [3.63, 3.8) is 0 Å². The Bertz CT molecular complexity index is 1380. The number of nitrogens with zero attached hydrogens (tertiary/aromatic N) is 3. The third-order valence-electron chi connectivity index (χ3n) is 6.93. The van der Waals surface area contributed by atoms with Crippen LogP contribution in [-0.2, 0) is 9.59 Å². The van der Waals surface area contributed by atoms with E-state index in [1.807, 2.05) is 74.4 Å². The van der Waals surface area contributed by atoms with Crippen LogP contribution in [0.3, 0.4) is 0 Å². The van der Waals surface area contributed by atoms with Gasteiger partial charge in [-0.05, 0) is 80.9 Å². The van der Waals surface area contributed by atoms with Crippen molar-refractivity contribution in [1.82, 2.24) is 0 Å². The van der Waals surface area contributed by atoms with Crippen molar-refractivity contribution in [3.8, 4) is 5.75 Å². The maximum Gasteiger partial charge on any atom is 0.300 e. The average molecular weight is 548 g/mol. The van der Waals surface area contributed by atoms with Crippen molar-refractivity contribution in [1.29, 1.82) is 0 Å². The zero-order valence-corrected chi connectivity index (χ0v) is 23.7. The van der Waals surface area contributed by atoms with Crippen molar-refractivity contribution in [2.24, 2.45) is 0 Å². The highest BCUT2D eigenvalue weighted by Gasteiger charge is 2.47. The van der Waals surface area contributed by atoms with Gasteiger partial charge >= 0.3 is 0 Å². The number of ketones is 1. The van der Waals surface area contributed by atoms with Crippen LogP contribution in [0.5, 0.6) is 5.75 Å². The Hall–Kier alpha value is -3.97. The zero-order chi connectivity index (χ0) is 28.3. The number of amides is 1. The number of Topliss-reactive ketones (excluding diaryl/α,β-unsaturated/α-hetero) is 1. The summed E-state index contributed by atoms with van der Waals surface area (Å²) in [6.45, 7) is 8.13. The molecule has 39 heavy (non-hydrogen) atoms. The molecule has 0 aromatic heterocycles. The summed E-state index contributed by atoms with van der Waals surface area (Å²) in [4.78, 5) is 32.7. The summed E-state index contributed by atoms with van der Waals surface area (Å²) in [6, 6.07) is 19.2. The molecule has 0 radical (unpaired) electrons. The number of aliphatic hydroxyl groups is 1. The smallest absolute Gasteiger partial charge is 0.300 e. The summed E-state index contributed by atoms with van der Waals surface area (Å²) >= 11 is 6.46. The molecule has 1 saturated heterocycles. The number of ether oxygens (including phenoxy) is 1. The predicted molar refractivity (Wildman–Crippen MR) is 158 cm³/mol. The molecular weight excluding hydrogens is 514 g/mol. The van der Waals surface area contributed by atoms with Crippen LogP contribution in [-0.4, -0.2) is 50.6 Å². The number of benzene rings is 3. The van der Waals surface area contributed by atoms with Crippen LogP contribution in [0.25, 0.3) is 5.76 Å². The van der Waals surface area contributed by atoms with Crippen molar-refractivity contribution < 1.29 is 19.4 Å². The summed E-state index contributed by atoms with van der Waals surface area (Å²) in [5, 5.41) is 11.8. The second-order valence-electron chi connectivity index (χ2n) is 9.42. The Kier molecular flexibility index (Phi) is 8.51. The second-order valence-corrected chi connectivity index (χ2v) is 9.83. The topological polar surface area (TPSA) is 73.3 Å². The lowest BCUT2D eigenvalue weighted by molar-refractivity contribution is -0.132. The molecule has 1 fully saturated rings. The van der Waals surface area contributed by atoms with Crippen LogP contribution >= 0.6 is 11.6 Å². The minimum absolute atomic E-state index is 0.0269. The van der Waals surface area contributed by atoms with E-state index in [0.717, 1.165) is 24.5 Å². The lowest BCUT2D eigenvalue weighted by Crippen LogP contribution is -2.29. The van der Waals surface area contributed by atoms with Crippen molar-refractivity contribution in [2.45, 2.75) is 26.8 Å². The van der Waals surface area contributed by atoms with Crippen LogP contribution in [0.4, 0.5) is 17.1 Å². The molecule has 0 bridgehead atoms. The SMILES string of the molecule is CCOc1ccc(Cl)c(/C(O)=C2\C(=O)C(=O)N(c3ccc(N(CC)CC)cc3)C2c2ccc(N(C)C)cc2)c1. The molecule has 0 aliphatic carbocycles. The molecule has 8 heteroatoms.